The molecule has 0 atom stereocenters. The minimum Gasteiger partial charge on any atom is -0.370 e. The molecule has 0 amide bonds. The van der Waals surface area contributed by atoms with Crippen LogP contribution < -0.4 is 10.5 Å². The van der Waals surface area contributed by atoms with Crippen LogP contribution >= 0.6 is 0 Å². The molecular weight excluding hydrogens is 324 g/mol. The standard InChI is InChI=1S/C17H28N4O2S/c1-14(2)20-24(22,23)13-16-9-5-4-8-15(16)12-19-17(18)21-10-6-3-7-11-21/h4-5,8-9,14,20H,3,6-7,10-13H2,1-2H3,(H2,18,19). The number of piperidine rings is 1. The van der Waals surface area contributed by atoms with Crippen molar-refractivity contribution < 1.29 is 8.42 Å². The van der Waals surface area contributed by atoms with E-state index in [4.69, 9.17) is 5.73 Å². The summed E-state index contributed by atoms with van der Waals surface area (Å²) in [4.78, 5) is 6.58. The maximum absolute atomic E-state index is 12.2. The molecule has 1 aromatic rings. The van der Waals surface area contributed by atoms with Gasteiger partial charge in [-0.1, -0.05) is 24.3 Å². The van der Waals surface area contributed by atoms with Crippen LogP contribution in [0, 0.1) is 0 Å². The molecular formula is C17H28N4O2S. The van der Waals surface area contributed by atoms with Crippen LogP contribution in [-0.2, 0) is 22.3 Å². The lowest BCUT2D eigenvalue weighted by molar-refractivity contribution is 0.338. The number of guanidine groups is 1. The van der Waals surface area contributed by atoms with Gasteiger partial charge in [-0.25, -0.2) is 18.1 Å². The van der Waals surface area contributed by atoms with Crippen LogP contribution in [0.3, 0.4) is 0 Å². The van der Waals surface area contributed by atoms with E-state index in [1.807, 2.05) is 38.1 Å². The largest absolute Gasteiger partial charge is 0.370 e. The molecule has 0 spiro atoms. The third-order valence-corrected chi connectivity index (χ3v) is 5.49. The average molecular weight is 353 g/mol. The summed E-state index contributed by atoms with van der Waals surface area (Å²) in [6, 6.07) is 7.37. The van der Waals surface area contributed by atoms with Crippen molar-refractivity contribution in [2.75, 3.05) is 13.1 Å². The fourth-order valence-electron chi connectivity index (χ4n) is 2.85. The van der Waals surface area contributed by atoms with Crippen molar-refractivity contribution in [1.82, 2.24) is 9.62 Å². The zero-order valence-electron chi connectivity index (χ0n) is 14.5. The van der Waals surface area contributed by atoms with Crippen molar-refractivity contribution in [3.05, 3.63) is 35.4 Å². The smallest absolute Gasteiger partial charge is 0.216 e. The van der Waals surface area contributed by atoms with Crippen LogP contribution in [0.1, 0.15) is 44.2 Å². The molecule has 3 N–H and O–H groups in total. The molecule has 1 heterocycles. The second-order valence-electron chi connectivity index (χ2n) is 6.52. The van der Waals surface area contributed by atoms with Gasteiger partial charge in [0.2, 0.25) is 10.0 Å². The van der Waals surface area contributed by atoms with Crippen LogP contribution in [0.2, 0.25) is 0 Å². The van der Waals surface area contributed by atoms with Gasteiger partial charge in [-0.3, -0.25) is 0 Å². The van der Waals surface area contributed by atoms with Crippen molar-refractivity contribution in [3.63, 3.8) is 0 Å². The van der Waals surface area contributed by atoms with E-state index in [0.717, 1.165) is 37.1 Å². The van der Waals surface area contributed by atoms with Gasteiger partial charge in [-0.05, 0) is 44.2 Å². The molecule has 0 aromatic heterocycles. The fraction of sp³-hybridized carbons (Fsp3) is 0.588. The number of nitrogens with zero attached hydrogens (tertiary/aromatic N) is 2. The van der Waals surface area contributed by atoms with E-state index in [0.29, 0.717) is 12.5 Å². The lowest BCUT2D eigenvalue weighted by Gasteiger charge is -2.27. The van der Waals surface area contributed by atoms with Gasteiger partial charge in [-0.15, -0.1) is 0 Å². The van der Waals surface area contributed by atoms with Crippen molar-refractivity contribution in [3.8, 4) is 0 Å². The molecule has 6 nitrogen and oxygen atoms in total. The summed E-state index contributed by atoms with van der Waals surface area (Å²) in [7, 11) is -3.36. The first-order valence-corrected chi connectivity index (χ1v) is 10.1. The Morgan fingerprint density at radius 2 is 1.83 bits per heavy atom. The SMILES string of the molecule is CC(C)NS(=O)(=O)Cc1ccccc1CN=C(N)N1CCCCC1. The molecule has 0 bridgehead atoms. The molecule has 0 aliphatic carbocycles. The second kappa shape index (κ2) is 8.48. The van der Waals surface area contributed by atoms with Crippen LogP contribution in [0.25, 0.3) is 0 Å². The predicted molar refractivity (Wildman–Crippen MR) is 98.1 cm³/mol. The highest BCUT2D eigenvalue weighted by Gasteiger charge is 2.16. The lowest BCUT2D eigenvalue weighted by Crippen LogP contribution is -2.40. The zero-order valence-corrected chi connectivity index (χ0v) is 15.3. The first-order valence-electron chi connectivity index (χ1n) is 8.49. The Bertz CT molecular complexity index is 665. The minimum absolute atomic E-state index is 0.0412. The molecule has 1 fully saturated rings. The summed E-state index contributed by atoms with van der Waals surface area (Å²) in [6.45, 7) is 5.92. The van der Waals surface area contributed by atoms with E-state index < -0.39 is 10.0 Å². The monoisotopic (exact) mass is 352 g/mol. The molecule has 1 aliphatic rings. The molecule has 7 heteroatoms. The summed E-state index contributed by atoms with van der Waals surface area (Å²) in [5, 5.41) is 0. The summed E-state index contributed by atoms with van der Waals surface area (Å²) in [5.74, 6) is 0.508. The van der Waals surface area contributed by atoms with Crippen molar-refractivity contribution in [2.45, 2.75) is 51.4 Å². The number of nitrogens with two attached hydrogens (primary N) is 1. The van der Waals surface area contributed by atoms with Gasteiger partial charge in [0, 0.05) is 19.1 Å². The number of sulfonamides is 1. The first-order chi connectivity index (χ1) is 11.4. The predicted octanol–water partition coefficient (Wildman–Crippen LogP) is 1.81. The van der Waals surface area contributed by atoms with Gasteiger partial charge in [0.05, 0.1) is 12.3 Å². The maximum Gasteiger partial charge on any atom is 0.216 e. The second-order valence-corrected chi connectivity index (χ2v) is 8.28. The molecule has 1 saturated heterocycles. The third kappa shape index (κ3) is 5.79. The highest BCUT2D eigenvalue weighted by Crippen LogP contribution is 2.14. The molecule has 0 unspecified atom stereocenters. The molecule has 0 radical (unpaired) electrons. The summed E-state index contributed by atoms with van der Waals surface area (Å²) in [6.07, 6.45) is 3.53. The molecule has 2 rings (SSSR count). The highest BCUT2D eigenvalue weighted by molar-refractivity contribution is 7.88. The molecule has 134 valence electrons. The number of likely N-dealkylation sites (tertiary alicyclic amines) is 1. The van der Waals surface area contributed by atoms with Gasteiger partial charge in [0.1, 0.15) is 0 Å². The highest BCUT2D eigenvalue weighted by atomic mass is 32.2. The van der Waals surface area contributed by atoms with Crippen LogP contribution in [0.5, 0.6) is 0 Å². The van der Waals surface area contributed by atoms with Gasteiger partial charge >= 0.3 is 0 Å². The van der Waals surface area contributed by atoms with Gasteiger partial charge in [-0.2, -0.15) is 0 Å². The Morgan fingerprint density at radius 1 is 1.21 bits per heavy atom. The average Bonchev–Trinajstić information content (AvgIpc) is 2.53. The Morgan fingerprint density at radius 3 is 2.46 bits per heavy atom. The summed E-state index contributed by atoms with van der Waals surface area (Å²) in [5.41, 5.74) is 7.74. The van der Waals surface area contributed by atoms with E-state index in [2.05, 4.69) is 14.6 Å². The third-order valence-electron chi connectivity index (χ3n) is 3.97. The van der Waals surface area contributed by atoms with Gasteiger partial charge in [0.25, 0.3) is 0 Å². The first kappa shape index (κ1) is 18.7. The zero-order chi connectivity index (χ0) is 17.6. The van der Waals surface area contributed by atoms with E-state index >= 15 is 0 Å². The number of hydrogen-bond acceptors (Lipinski definition) is 3. The van der Waals surface area contributed by atoms with E-state index in [-0.39, 0.29) is 11.8 Å². The number of nitrogens with one attached hydrogen (secondary N) is 1. The summed E-state index contributed by atoms with van der Waals surface area (Å²) < 4.78 is 27.0. The molecule has 0 saturated carbocycles. The Labute approximate surface area is 145 Å². The quantitative estimate of drug-likeness (QED) is 0.604. The topological polar surface area (TPSA) is 87.8 Å². The molecule has 24 heavy (non-hydrogen) atoms. The van der Waals surface area contributed by atoms with Gasteiger partial charge in [0.15, 0.2) is 5.96 Å². The van der Waals surface area contributed by atoms with E-state index in [1.165, 1.54) is 6.42 Å². The maximum atomic E-state index is 12.2. The summed E-state index contributed by atoms with van der Waals surface area (Å²) >= 11 is 0. The normalized spacial score (nSPS) is 16.6. The Balaban J connectivity index is 2.08. The van der Waals surface area contributed by atoms with Crippen LogP contribution in [-0.4, -0.2) is 38.4 Å². The number of benzene rings is 1. The van der Waals surface area contributed by atoms with Gasteiger partial charge < -0.3 is 10.6 Å². The van der Waals surface area contributed by atoms with Crippen molar-refractivity contribution in [1.29, 1.82) is 0 Å². The number of rotatable bonds is 6. The van der Waals surface area contributed by atoms with Crippen molar-refractivity contribution in [2.24, 2.45) is 10.7 Å². The fourth-order valence-corrected chi connectivity index (χ4v) is 4.34. The Kier molecular flexibility index (Phi) is 6.62. The van der Waals surface area contributed by atoms with Crippen LogP contribution in [0.15, 0.2) is 29.3 Å². The minimum atomic E-state index is -3.36. The van der Waals surface area contributed by atoms with E-state index in [9.17, 15) is 8.42 Å². The molecule has 1 aromatic carbocycles. The van der Waals surface area contributed by atoms with Crippen LogP contribution in [0.4, 0.5) is 0 Å². The lowest BCUT2D eigenvalue weighted by atomic mass is 10.1. The number of hydrogen-bond donors (Lipinski definition) is 2. The van der Waals surface area contributed by atoms with E-state index in [1.54, 1.807) is 0 Å². The molecule has 1 aliphatic heterocycles. The van der Waals surface area contributed by atoms with Crippen molar-refractivity contribution >= 4 is 16.0 Å². The Hall–Kier alpha value is -1.60. The number of aliphatic imine (C=N–C) groups is 1.